The Morgan fingerprint density at radius 1 is 1.04 bits per heavy atom. The first-order valence-electron chi connectivity index (χ1n) is 8.25. The molecule has 0 bridgehead atoms. The van der Waals surface area contributed by atoms with Gasteiger partial charge in [0.2, 0.25) is 5.91 Å². The van der Waals surface area contributed by atoms with Gasteiger partial charge in [-0.25, -0.2) is 4.39 Å². The number of hydrogen-bond acceptors (Lipinski definition) is 4. The van der Waals surface area contributed by atoms with Gasteiger partial charge in [-0.05, 0) is 17.7 Å². The molecule has 23 heavy (non-hydrogen) atoms. The number of carbonyl (C=O) groups is 1. The Balaban J connectivity index is 1.42. The highest BCUT2D eigenvalue weighted by Crippen LogP contribution is 2.10. The minimum absolute atomic E-state index is 0.183. The summed E-state index contributed by atoms with van der Waals surface area (Å²) in [6.07, 6.45) is 0. The molecule has 5 nitrogen and oxygen atoms in total. The van der Waals surface area contributed by atoms with Gasteiger partial charge >= 0.3 is 0 Å². The fourth-order valence-corrected chi connectivity index (χ4v) is 3.10. The number of hydrogen-bond donors (Lipinski definition) is 0. The maximum absolute atomic E-state index is 13.2. The van der Waals surface area contributed by atoms with Crippen molar-refractivity contribution in [2.45, 2.75) is 6.54 Å². The van der Waals surface area contributed by atoms with Crippen LogP contribution in [0.5, 0.6) is 0 Å². The molecule has 1 aromatic rings. The molecule has 2 aliphatic rings. The van der Waals surface area contributed by atoms with Crippen LogP contribution in [-0.2, 0) is 16.1 Å². The van der Waals surface area contributed by atoms with Crippen molar-refractivity contribution in [1.29, 1.82) is 0 Å². The molecule has 0 radical (unpaired) electrons. The number of nitrogens with zero attached hydrogens (tertiary/aromatic N) is 3. The van der Waals surface area contributed by atoms with Crippen LogP contribution in [0.1, 0.15) is 5.56 Å². The van der Waals surface area contributed by atoms with Crippen LogP contribution in [0, 0.1) is 5.82 Å². The van der Waals surface area contributed by atoms with Crippen molar-refractivity contribution in [2.24, 2.45) is 0 Å². The second-order valence-electron chi connectivity index (χ2n) is 6.18. The van der Waals surface area contributed by atoms with E-state index in [1.807, 2.05) is 11.0 Å². The molecule has 0 unspecified atom stereocenters. The van der Waals surface area contributed by atoms with Crippen LogP contribution in [-0.4, -0.2) is 79.6 Å². The average molecular weight is 321 g/mol. The average Bonchev–Trinajstić information content (AvgIpc) is 2.57. The predicted molar refractivity (Wildman–Crippen MR) is 85.5 cm³/mol. The first-order valence-corrected chi connectivity index (χ1v) is 8.25. The maximum Gasteiger partial charge on any atom is 0.236 e. The Morgan fingerprint density at radius 2 is 1.74 bits per heavy atom. The molecule has 2 aliphatic heterocycles. The summed E-state index contributed by atoms with van der Waals surface area (Å²) in [4.78, 5) is 18.7. The number of carbonyl (C=O) groups excluding carboxylic acids is 1. The van der Waals surface area contributed by atoms with Crippen molar-refractivity contribution in [3.63, 3.8) is 0 Å². The molecule has 0 saturated carbocycles. The van der Waals surface area contributed by atoms with E-state index in [-0.39, 0.29) is 11.7 Å². The zero-order valence-electron chi connectivity index (χ0n) is 13.4. The standard InChI is InChI=1S/C17H24FN3O2/c18-16-3-1-2-15(12-16)13-19-4-6-20(7-5-19)14-17(22)21-8-10-23-11-9-21/h1-3,12H,4-11,13-14H2. The van der Waals surface area contributed by atoms with Gasteiger partial charge < -0.3 is 9.64 Å². The summed E-state index contributed by atoms with van der Waals surface area (Å²) < 4.78 is 18.5. The number of ether oxygens (including phenoxy) is 1. The molecule has 6 heteroatoms. The summed E-state index contributed by atoms with van der Waals surface area (Å²) >= 11 is 0. The van der Waals surface area contributed by atoms with Gasteiger partial charge in [-0.2, -0.15) is 0 Å². The summed E-state index contributed by atoms with van der Waals surface area (Å²) in [5, 5.41) is 0. The lowest BCUT2D eigenvalue weighted by Gasteiger charge is -2.36. The molecule has 0 atom stereocenters. The summed E-state index contributed by atoms with van der Waals surface area (Å²) in [7, 11) is 0. The normalized spacial score (nSPS) is 20.7. The Kier molecular flexibility index (Phi) is 5.59. The molecular weight excluding hydrogens is 297 g/mol. The van der Waals surface area contributed by atoms with Crippen molar-refractivity contribution in [1.82, 2.24) is 14.7 Å². The van der Waals surface area contributed by atoms with Gasteiger partial charge in [0.05, 0.1) is 19.8 Å². The number of halogens is 1. The Bertz CT molecular complexity index is 526. The van der Waals surface area contributed by atoms with Crippen molar-refractivity contribution >= 4 is 5.91 Å². The minimum Gasteiger partial charge on any atom is -0.378 e. The molecule has 3 rings (SSSR count). The molecule has 1 amide bonds. The fraction of sp³-hybridized carbons (Fsp3) is 0.588. The van der Waals surface area contributed by atoms with Crippen LogP contribution in [0.2, 0.25) is 0 Å². The molecule has 0 spiro atoms. The first kappa shape index (κ1) is 16.4. The van der Waals surface area contributed by atoms with Crippen molar-refractivity contribution in [3.05, 3.63) is 35.6 Å². The third-order valence-electron chi connectivity index (χ3n) is 4.48. The maximum atomic E-state index is 13.2. The quantitative estimate of drug-likeness (QED) is 0.822. The van der Waals surface area contributed by atoms with Gasteiger partial charge in [-0.1, -0.05) is 12.1 Å². The lowest BCUT2D eigenvalue weighted by Crippen LogP contribution is -2.51. The van der Waals surface area contributed by atoms with Crippen molar-refractivity contribution < 1.29 is 13.9 Å². The smallest absolute Gasteiger partial charge is 0.236 e. The number of benzene rings is 1. The lowest BCUT2D eigenvalue weighted by molar-refractivity contribution is -0.136. The van der Waals surface area contributed by atoms with Gasteiger partial charge in [0, 0.05) is 45.8 Å². The third-order valence-corrected chi connectivity index (χ3v) is 4.48. The van der Waals surface area contributed by atoms with E-state index in [0.29, 0.717) is 32.8 Å². The van der Waals surface area contributed by atoms with Gasteiger partial charge in [0.15, 0.2) is 0 Å². The molecule has 2 fully saturated rings. The highest BCUT2D eigenvalue weighted by molar-refractivity contribution is 5.78. The van der Waals surface area contributed by atoms with Crippen LogP contribution in [0.15, 0.2) is 24.3 Å². The lowest BCUT2D eigenvalue weighted by atomic mass is 10.2. The van der Waals surface area contributed by atoms with E-state index in [1.54, 1.807) is 12.1 Å². The van der Waals surface area contributed by atoms with Crippen molar-refractivity contribution in [3.8, 4) is 0 Å². The second kappa shape index (κ2) is 7.86. The number of piperazine rings is 1. The van der Waals surface area contributed by atoms with Gasteiger partial charge in [-0.15, -0.1) is 0 Å². The Morgan fingerprint density at radius 3 is 2.43 bits per heavy atom. The van der Waals surface area contributed by atoms with Crippen molar-refractivity contribution in [2.75, 3.05) is 59.0 Å². The van der Waals surface area contributed by atoms with E-state index in [1.165, 1.54) is 6.07 Å². The topological polar surface area (TPSA) is 36.0 Å². The van der Waals surface area contributed by atoms with Gasteiger partial charge in [0.1, 0.15) is 5.82 Å². The molecule has 2 saturated heterocycles. The summed E-state index contributed by atoms with van der Waals surface area (Å²) in [5.41, 5.74) is 1.00. The first-order chi connectivity index (χ1) is 11.2. The highest BCUT2D eigenvalue weighted by atomic mass is 19.1. The fourth-order valence-electron chi connectivity index (χ4n) is 3.10. The molecule has 1 aromatic carbocycles. The van der Waals surface area contributed by atoms with E-state index < -0.39 is 0 Å². The molecule has 2 heterocycles. The van der Waals surface area contributed by atoms with Crippen LogP contribution >= 0.6 is 0 Å². The van der Waals surface area contributed by atoms with Crippen LogP contribution in [0.4, 0.5) is 4.39 Å². The van der Waals surface area contributed by atoms with E-state index in [2.05, 4.69) is 9.80 Å². The number of amides is 1. The predicted octanol–water partition coefficient (Wildman–Crippen LogP) is 0.802. The molecule has 126 valence electrons. The third kappa shape index (κ3) is 4.73. The van der Waals surface area contributed by atoms with E-state index >= 15 is 0 Å². The molecule has 0 aromatic heterocycles. The number of morpholine rings is 1. The minimum atomic E-state index is -0.183. The SMILES string of the molecule is O=C(CN1CCN(Cc2cccc(F)c2)CC1)N1CCOCC1. The van der Waals surface area contributed by atoms with Gasteiger partial charge in [-0.3, -0.25) is 14.6 Å². The molecular formula is C17H24FN3O2. The second-order valence-corrected chi connectivity index (χ2v) is 6.18. The van der Waals surface area contributed by atoms with E-state index in [9.17, 15) is 9.18 Å². The summed E-state index contributed by atoms with van der Waals surface area (Å²) in [6.45, 7) is 7.55. The monoisotopic (exact) mass is 321 g/mol. The van der Waals surface area contributed by atoms with E-state index in [0.717, 1.165) is 38.3 Å². The van der Waals surface area contributed by atoms with Crippen LogP contribution in [0.25, 0.3) is 0 Å². The highest BCUT2D eigenvalue weighted by Gasteiger charge is 2.22. The summed E-state index contributed by atoms with van der Waals surface area (Å²) in [6, 6.07) is 6.77. The zero-order chi connectivity index (χ0) is 16.1. The Hall–Kier alpha value is -1.50. The van der Waals surface area contributed by atoms with Crippen LogP contribution < -0.4 is 0 Å². The molecule has 0 aliphatic carbocycles. The number of rotatable bonds is 4. The van der Waals surface area contributed by atoms with Gasteiger partial charge in [0.25, 0.3) is 0 Å². The van der Waals surface area contributed by atoms with E-state index in [4.69, 9.17) is 4.74 Å². The van der Waals surface area contributed by atoms with Crippen LogP contribution in [0.3, 0.4) is 0 Å². The zero-order valence-corrected chi connectivity index (χ0v) is 13.4. The Labute approximate surface area is 136 Å². The largest absolute Gasteiger partial charge is 0.378 e. The summed E-state index contributed by atoms with van der Waals surface area (Å²) in [5.74, 6) is 0.0177. The molecule has 0 N–H and O–H groups in total.